The Labute approximate surface area is 181 Å². The number of nitrogens with one attached hydrogen (secondary N) is 2. The van der Waals surface area contributed by atoms with Gasteiger partial charge < -0.3 is 20.3 Å². The minimum atomic E-state index is -4.41. The number of aromatic carboxylic acids is 1. The molecule has 4 rings (SSSR count). The smallest absolute Gasteiger partial charge is 0.416 e. The Morgan fingerprint density at radius 1 is 1.22 bits per heavy atom. The minimum Gasteiger partial charge on any atom is -0.475 e. The lowest BCUT2D eigenvalue weighted by Gasteiger charge is -2.32. The van der Waals surface area contributed by atoms with E-state index in [0.717, 1.165) is 31.4 Å². The zero-order valence-electron chi connectivity index (χ0n) is 17.6. The molecule has 1 aliphatic rings. The molecule has 1 atom stereocenters. The number of aromatic nitrogens is 4. The third kappa shape index (κ3) is 4.19. The van der Waals surface area contributed by atoms with E-state index in [2.05, 4.69) is 25.6 Å². The quantitative estimate of drug-likeness (QED) is 0.497. The van der Waals surface area contributed by atoms with Gasteiger partial charge in [-0.05, 0) is 43.4 Å². The van der Waals surface area contributed by atoms with Crippen LogP contribution in [0.15, 0.2) is 24.3 Å². The van der Waals surface area contributed by atoms with Crippen LogP contribution in [0.25, 0.3) is 11.2 Å². The average molecular weight is 448 g/mol. The van der Waals surface area contributed by atoms with Crippen LogP contribution in [0.1, 0.15) is 47.9 Å². The Hall–Kier alpha value is -3.37. The summed E-state index contributed by atoms with van der Waals surface area (Å²) in [5, 5.41) is 15.7. The molecular formula is C21H23F3N6O2. The molecule has 0 amide bonds. The first kappa shape index (κ1) is 21.8. The van der Waals surface area contributed by atoms with Crippen molar-refractivity contribution in [2.45, 2.75) is 44.9 Å². The van der Waals surface area contributed by atoms with Gasteiger partial charge in [0.2, 0.25) is 11.8 Å². The van der Waals surface area contributed by atoms with Crippen molar-refractivity contribution in [2.24, 2.45) is 5.92 Å². The van der Waals surface area contributed by atoms with Gasteiger partial charge in [-0.2, -0.15) is 18.2 Å². The Kier molecular flexibility index (Phi) is 5.66. The molecule has 32 heavy (non-hydrogen) atoms. The summed E-state index contributed by atoms with van der Waals surface area (Å²) in [4.78, 5) is 24.2. The first-order valence-electron chi connectivity index (χ1n) is 10.3. The molecule has 2 heterocycles. The van der Waals surface area contributed by atoms with Gasteiger partial charge in [0.25, 0.3) is 0 Å². The third-order valence-electron chi connectivity index (χ3n) is 5.86. The number of fused-ring (bicyclic) bond motifs is 1. The van der Waals surface area contributed by atoms with Crippen LogP contribution >= 0.6 is 0 Å². The maximum absolute atomic E-state index is 12.9. The first-order valence-corrected chi connectivity index (χ1v) is 10.3. The molecule has 0 aliphatic heterocycles. The molecule has 3 N–H and O–H groups in total. The number of carboxylic acids is 1. The molecule has 0 bridgehead atoms. The summed E-state index contributed by atoms with van der Waals surface area (Å²) in [6, 6.07) is 4.94. The highest BCUT2D eigenvalue weighted by atomic mass is 19.4. The molecule has 0 unspecified atom stereocenters. The van der Waals surface area contributed by atoms with Gasteiger partial charge in [0, 0.05) is 13.1 Å². The molecular weight excluding hydrogens is 425 g/mol. The maximum Gasteiger partial charge on any atom is 0.416 e. The number of carbonyl (C=O) groups is 1. The maximum atomic E-state index is 12.9. The van der Waals surface area contributed by atoms with E-state index in [-0.39, 0.29) is 24.1 Å². The molecule has 8 nitrogen and oxygen atoms in total. The fourth-order valence-corrected chi connectivity index (χ4v) is 3.83. The summed E-state index contributed by atoms with van der Waals surface area (Å²) < 4.78 is 40.4. The van der Waals surface area contributed by atoms with Crippen molar-refractivity contribution in [3.8, 4) is 0 Å². The molecule has 1 fully saturated rings. The van der Waals surface area contributed by atoms with Gasteiger partial charge in [0.15, 0.2) is 11.5 Å². The van der Waals surface area contributed by atoms with E-state index in [1.165, 1.54) is 12.1 Å². The Morgan fingerprint density at radius 3 is 2.44 bits per heavy atom. The lowest BCUT2D eigenvalue weighted by molar-refractivity contribution is -0.137. The van der Waals surface area contributed by atoms with Crippen LogP contribution in [-0.4, -0.2) is 43.7 Å². The van der Waals surface area contributed by atoms with Crippen molar-refractivity contribution in [2.75, 3.05) is 17.7 Å². The highest BCUT2D eigenvalue weighted by Crippen LogP contribution is 2.33. The summed E-state index contributed by atoms with van der Waals surface area (Å²) >= 11 is 0. The summed E-state index contributed by atoms with van der Waals surface area (Å²) in [7, 11) is 1.65. The second-order valence-electron chi connectivity index (χ2n) is 7.96. The standard InChI is InChI=1S/C21H23F3N6O2/c1-11(13-4-3-5-13)26-16-15-17(28-18(27-16)19(31)32)29-20(25-2)30(15)10-12-6-8-14(9-7-12)21(22,23)24/h6-9,11,13H,3-5,10H2,1-2H3,(H,31,32)(H2,25,26,27,28,29)/t11-/m1/s1. The molecule has 11 heteroatoms. The monoisotopic (exact) mass is 448 g/mol. The average Bonchev–Trinajstić information content (AvgIpc) is 3.04. The second kappa shape index (κ2) is 8.29. The van der Waals surface area contributed by atoms with Gasteiger partial charge in [0.05, 0.1) is 12.1 Å². The van der Waals surface area contributed by atoms with Crippen LogP contribution in [0.5, 0.6) is 0 Å². The fraction of sp³-hybridized carbons (Fsp3) is 0.429. The summed E-state index contributed by atoms with van der Waals surface area (Å²) in [6.07, 6.45) is -1.08. The molecule has 0 saturated heterocycles. The zero-order valence-corrected chi connectivity index (χ0v) is 17.6. The molecule has 1 saturated carbocycles. The Balaban J connectivity index is 1.77. The minimum absolute atomic E-state index is 0.0657. The first-order chi connectivity index (χ1) is 15.2. The van der Waals surface area contributed by atoms with Crippen molar-refractivity contribution >= 4 is 28.9 Å². The lowest BCUT2D eigenvalue weighted by atomic mass is 9.80. The predicted octanol–water partition coefficient (Wildman–Crippen LogP) is 4.23. The number of carboxylic acid groups (broad SMARTS) is 1. The topological polar surface area (TPSA) is 105 Å². The highest BCUT2D eigenvalue weighted by molar-refractivity contribution is 5.91. The normalized spacial score (nSPS) is 15.4. The van der Waals surface area contributed by atoms with E-state index in [1.807, 2.05) is 6.92 Å². The molecule has 2 aromatic heterocycles. The van der Waals surface area contributed by atoms with Crippen LogP contribution in [0.2, 0.25) is 0 Å². The number of alkyl halides is 3. The zero-order chi connectivity index (χ0) is 23.0. The van der Waals surface area contributed by atoms with E-state index < -0.39 is 17.7 Å². The van der Waals surface area contributed by atoms with E-state index in [0.29, 0.717) is 28.8 Å². The number of hydrogen-bond donors (Lipinski definition) is 3. The van der Waals surface area contributed by atoms with E-state index in [1.54, 1.807) is 11.6 Å². The number of hydrogen-bond acceptors (Lipinski definition) is 6. The highest BCUT2D eigenvalue weighted by Gasteiger charge is 2.30. The molecule has 170 valence electrons. The van der Waals surface area contributed by atoms with Gasteiger partial charge in [-0.1, -0.05) is 18.6 Å². The van der Waals surface area contributed by atoms with Crippen molar-refractivity contribution in [3.05, 3.63) is 41.2 Å². The fourth-order valence-electron chi connectivity index (χ4n) is 3.83. The summed E-state index contributed by atoms with van der Waals surface area (Å²) in [6.45, 7) is 2.22. The molecule has 0 radical (unpaired) electrons. The van der Waals surface area contributed by atoms with Crippen LogP contribution in [-0.2, 0) is 12.7 Å². The number of imidazole rings is 1. The number of halogens is 3. The van der Waals surface area contributed by atoms with Crippen LogP contribution in [0.3, 0.4) is 0 Å². The predicted molar refractivity (Wildman–Crippen MR) is 113 cm³/mol. The van der Waals surface area contributed by atoms with E-state index in [4.69, 9.17) is 0 Å². The van der Waals surface area contributed by atoms with Crippen molar-refractivity contribution in [1.29, 1.82) is 0 Å². The lowest BCUT2D eigenvalue weighted by Crippen LogP contribution is -2.31. The van der Waals surface area contributed by atoms with Gasteiger partial charge in [-0.15, -0.1) is 0 Å². The number of rotatable bonds is 7. The molecule has 1 aliphatic carbocycles. The van der Waals surface area contributed by atoms with Crippen molar-refractivity contribution in [3.63, 3.8) is 0 Å². The van der Waals surface area contributed by atoms with Gasteiger partial charge in [0.1, 0.15) is 5.52 Å². The van der Waals surface area contributed by atoms with E-state index in [9.17, 15) is 23.1 Å². The Bertz CT molecular complexity index is 1140. The summed E-state index contributed by atoms with van der Waals surface area (Å²) in [5.41, 5.74) is 0.577. The molecule has 1 aromatic carbocycles. The number of benzene rings is 1. The SMILES string of the molecule is CNc1nc2nc(C(=O)O)nc(N[C@H](C)C3CCC3)c2n1Cc1ccc(C(F)(F)F)cc1. The van der Waals surface area contributed by atoms with Gasteiger partial charge >= 0.3 is 12.1 Å². The Morgan fingerprint density at radius 2 is 1.91 bits per heavy atom. The van der Waals surface area contributed by atoms with Gasteiger partial charge in [-0.3, -0.25) is 0 Å². The van der Waals surface area contributed by atoms with E-state index >= 15 is 0 Å². The van der Waals surface area contributed by atoms with Crippen molar-refractivity contribution in [1.82, 2.24) is 19.5 Å². The van der Waals surface area contributed by atoms with Crippen LogP contribution < -0.4 is 10.6 Å². The third-order valence-corrected chi connectivity index (χ3v) is 5.86. The molecule has 3 aromatic rings. The van der Waals surface area contributed by atoms with Crippen LogP contribution in [0, 0.1) is 5.92 Å². The second-order valence-corrected chi connectivity index (χ2v) is 7.96. The number of anilines is 2. The van der Waals surface area contributed by atoms with Crippen LogP contribution in [0.4, 0.5) is 24.9 Å². The number of nitrogens with zero attached hydrogens (tertiary/aromatic N) is 4. The summed E-state index contributed by atoms with van der Waals surface area (Å²) in [5.74, 6) is -0.440. The molecule has 0 spiro atoms. The van der Waals surface area contributed by atoms with Gasteiger partial charge in [-0.25, -0.2) is 14.8 Å². The largest absolute Gasteiger partial charge is 0.475 e. The van der Waals surface area contributed by atoms with Crippen molar-refractivity contribution < 1.29 is 23.1 Å².